The zero-order chi connectivity index (χ0) is 35.3. The van der Waals surface area contributed by atoms with Crippen LogP contribution in [0.3, 0.4) is 0 Å². The van der Waals surface area contributed by atoms with Crippen molar-refractivity contribution in [2.45, 2.75) is 101 Å². The number of hydrogen-bond acceptors (Lipinski definition) is 10. The first kappa shape index (κ1) is 36.6. The number of nitrogens with zero attached hydrogens (tertiary/aromatic N) is 3. The molecule has 12 nitrogen and oxygen atoms in total. The molecule has 0 radical (unpaired) electrons. The Balaban J connectivity index is 1.70. The van der Waals surface area contributed by atoms with Gasteiger partial charge in [0.25, 0.3) is 5.91 Å². The van der Waals surface area contributed by atoms with Gasteiger partial charge in [0, 0.05) is 18.2 Å². The van der Waals surface area contributed by atoms with Crippen molar-refractivity contribution >= 4 is 33.3 Å². The Morgan fingerprint density at radius 3 is 2.50 bits per heavy atom. The maximum atomic E-state index is 13.6. The zero-order valence-corrected chi connectivity index (χ0v) is 29.4. The quantitative estimate of drug-likeness (QED) is 0.291. The molecule has 4 bridgehead atoms. The minimum absolute atomic E-state index is 0.0894. The number of ether oxygens (including phenoxy) is 2. The molecule has 3 heterocycles. The van der Waals surface area contributed by atoms with Gasteiger partial charge >= 0.3 is 6.09 Å². The highest BCUT2D eigenvalue weighted by atomic mass is 32.2. The van der Waals surface area contributed by atoms with Gasteiger partial charge in [0.2, 0.25) is 0 Å². The molecule has 1 aromatic heterocycles. The molecule has 13 heteroatoms. The fraction of sp³-hybridized carbons (Fsp3) is 0.486. The molecule has 48 heavy (non-hydrogen) atoms. The Kier molecular flexibility index (Phi) is 11.4. The standard InChI is InChI=1S/C35H47N5O7S/c1-34(2,3)47-33(43)40(6)22-24-12-11-14-27-30(24)46-19-10-8-7-9-13-25(41)20-35(4,5)48(44,45)26-17-15-23(16-18-26)28-21-37-31(36)29(38-28)32(42)39-27/h11-12,14-18,21,25,41H,7-10,13,19-20,22H2,1-6H3,(H2,36,37)(H,39,42)/t25-/m1/s1. The first-order chi connectivity index (χ1) is 22.5. The Morgan fingerprint density at radius 2 is 1.81 bits per heavy atom. The molecule has 0 saturated heterocycles. The monoisotopic (exact) mass is 681 g/mol. The summed E-state index contributed by atoms with van der Waals surface area (Å²) in [4.78, 5) is 36.6. The molecule has 0 spiro atoms. The minimum Gasteiger partial charge on any atom is -0.491 e. The third kappa shape index (κ3) is 9.01. The summed E-state index contributed by atoms with van der Waals surface area (Å²) in [5.74, 6) is -0.306. The lowest BCUT2D eigenvalue weighted by molar-refractivity contribution is 0.0284. The van der Waals surface area contributed by atoms with Gasteiger partial charge < -0.3 is 30.5 Å². The maximum absolute atomic E-state index is 13.6. The van der Waals surface area contributed by atoms with Gasteiger partial charge in [0.15, 0.2) is 21.3 Å². The number of hydrogen-bond donors (Lipinski definition) is 3. The van der Waals surface area contributed by atoms with Gasteiger partial charge in [0.05, 0.1) is 46.5 Å². The molecule has 2 amide bonds. The summed E-state index contributed by atoms with van der Waals surface area (Å²) >= 11 is 0. The number of aromatic nitrogens is 2. The van der Waals surface area contributed by atoms with Gasteiger partial charge in [0.1, 0.15) is 11.4 Å². The van der Waals surface area contributed by atoms with E-state index in [1.165, 1.54) is 23.2 Å². The van der Waals surface area contributed by atoms with Crippen LogP contribution in [0.2, 0.25) is 0 Å². The number of carbonyl (C=O) groups is 2. The fourth-order valence-electron chi connectivity index (χ4n) is 5.44. The van der Waals surface area contributed by atoms with Gasteiger partial charge in [-0.2, -0.15) is 0 Å². The van der Waals surface area contributed by atoms with Crippen LogP contribution in [0.1, 0.15) is 89.2 Å². The number of benzene rings is 2. The number of anilines is 2. The van der Waals surface area contributed by atoms with Crippen molar-refractivity contribution < 1.29 is 32.6 Å². The van der Waals surface area contributed by atoms with Crippen LogP contribution in [0, 0.1) is 0 Å². The summed E-state index contributed by atoms with van der Waals surface area (Å²) in [5.41, 5.74) is 7.19. The lowest BCUT2D eigenvalue weighted by Gasteiger charge is -2.27. The van der Waals surface area contributed by atoms with Crippen molar-refractivity contribution in [3.8, 4) is 17.0 Å². The highest BCUT2D eigenvalue weighted by molar-refractivity contribution is 7.92. The van der Waals surface area contributed by atoms with E-state index in [1.807, 2.05) is 6.07 Å². The number of aliphatic hydroxyl groups is 1. The molecule has 0 unspecified atom stereocenters. The Bertz CT molecular complexity index is 1720. The van der Waals surface area contributed by atoms with Crippen LogP contribution in [-0.4, -0.2) is 70.5 Å². The second-order valence-corrected chi connectivity index (χ2v) is 16.4. The number of amides is 2. The van der Waals surface area contributed by atoms with Crippen molar-refractivity contribution in [2.24, 2.45) is 0 Å². The molecular formula is C35H47N5O7S. The number of nitrogens with two attached hydrogens (primary N) is 1. The predicted molar refractivity (Wildman–Crippen MR) is 184 cm³/mol. The molecule has 3 aromatic rings. The van der Waals surface area contributed by atoms with Gasteiger partial charge in [-0.15, -0.1) is 0 Å². The number of nitrogen functional groups attached to an aromatic ring is 1. The van der Waals surface area contributed by atoms with E-state index in [9.17, 15) is 23.1 Å². The van der Waals surface area contributed by atoms with E-state index >= 15 is 0 Å². The molecule has 0 aliphatic carbocycles. The molecule has 0 fully saturated rings. The van der Waals surface area contributed by atoms with Crippen molar-refractivity contribution in [1.29, 1.82) is 0 Å². The average Bonchev–Trinajstić information content (AvgIpc) is 3.00. The number of fused-ring (bicyclic) bond motifs is 13. The molecule has 0 saturated carbocycles. The fourth-order valence-corrected chi connectivity index (χ4v) is 6.98. The highest BCUT2D eigenvalue weighted by Crippen LogP contribution is 2.34. The highest BCUT2D eigenvalue weighted by Gasteiger charge is 2.37. The molecule has 2 aliphatic rings. The first-order valence-electron chi connectivity index (χ1n) is 16.1. The third-order valence-corrected chi connectivity index (χ3v) is 10.6. The van der Waals surface area contributed by atoms with Gasteiger partial charge in [-0.25, -0.2) is 23.2 Å². The van der Waals surface area contributed by atoms with E-state index in [0.717, 1.165) is 19.3 Å². The molecular weight excluding hydrogens is 634 g/mol. The summed E-state index contributed by atoms with van der Waals surface area (Å²) < 4.78 is 37.7. The number of rotatable bonds is 2. The largest absolute Gasteiger partial charge is 0.491 e. The van der Waals surface area contributed by atoms with Crippen molar-refractivity contribution in [1.82, 2.24) is 14.9 Å². The lowest BCUT2D eigenvalue weighted by atomic mass is 10.00. The number of aliphatic hydroxyl groups excluding tert-OH is 1. The molecule has 2 aliphatic heterocycles. The van der Waals surface area contributed by atoms with Gasteiger partial charge in [-0.3, -0.25) is 4.79 Å². The Hall–Kier alpha value is -4.23. The smallest absolute Gasteiger partial charge is 0.410 e. The van der Waals surface area contributed by atoms with Crippen LogP contribution in [0.4, 0.5) is 16.3 Å². The summed E-state index contributed by atoms with van der Waals surface area (Å²) in [6.45, 7) is 9.13. The van der Waals surface area contributed by atoms with Crippen LogP contribution in [0.5, 0.6) is 5.75 Å². The Labute approximate surface area is 283 Å². The summed E-state index contributed by atoms with van der Waals surface area (Å²) in [6, 6.07) is 11.4. The number of para-hydroxylation sites is 1. The van der Waals surface area contributed by atoms with Crippen LogP contribution in [-0.2, 0) is 21.1 Å². The Morgan fingerprint density at radius 1 is 1.12 bits per heavy atom. The molecule has 260 valence electrons. The van der Waals surface area contributed by atoms with Crippen LogP contribution >= 0.6 is 0 Å². The minimum atomic E-state index is -3.78. The average molecular weight is 682 g/mol. The molecule has 1 atom stereocenters. The second-order valence-electron chi connectivity index (χ2n) is 13.8. The first-order valence-corrected chi connectivity index (χ1v) is 17.6. The third-order valence-electron chi connectivity index (χ3n) is 8.07. The number of nitrogens with one attached hydrogen (secondary N) is 1. The van der Waals surface area contributed by atoms with Crippen LogP contribution in [0.25, 0.3) is 11.3 Å². The maximum Gasteiger partial charge on any atom is 0.410 e. The number of sulfone groups is 1. The summed E-state index contributed by atoms with van der Waals surface area (Å²) in [6.07, 6.45) is 3.75. The molecule has 5 rings (SSSR count). The van der Waals surface area contributed by atoms with Gasteiger partial charge in [-0.1, -0.05) is 43.5 Å². The molecule has 2 aromatic carbocycles. The van der Waals surface area contributed by atoms with Crippen LogP contribution in [0.15, 0.2) is 53.6 Å². The van der Waals surface area contributed by atoms with E-state index in [1.54, 1.807) is 65.9 Å². The van der Waals surface area contributed by atoms with E-state index in [0.29, 0.717) is 47.7 Å². The SMILES string of the molecule is CN(Cc1cccc2c1OCCCCCC[C@@H](O)CC(C)(C)S(=O)(=O)c1ccc(cc1)-c1cnc(N)c(n1)C(=O)N2)C(=O)OC(C)(C)C. The molecule has 4 N–H and O–H groups in total. The van der Waals surface area contributed by atoms with E-state index in [-0.39, 0.29) is 29.4 Å². The van der Waals surface area contributed by atoms with Crippen molar-refractivity contribution in [3.63, 3.8) is 0 Å². The lowest BCUT2D eigenvalue weighted by Crippen LogP contribution is -2.36. The van der Waals surface area contributed by atoms with Crippen LogP contribution < -0.4 is 15.8 Å². The zero-order valence-electron chi connectivity index (χ0n) is 28.6. The predicted octanol–water partition coefficient (Wildman–Crippen LogP) is 5.99. The normalized spacial score (nSPS) is 18.6. The van der Waals surface area contributed by atoms with Crippen molar-refractivity contribution in [3.05, 3.63) is 59.9 Å². The van der Waals surface area contributed by atoms with Gasteiger partial charge in [-0.05, 0) is 72.1 Å². The van der Waals surface area contributed by atoms with Crippen molar-refractivity contribution in [2.75, 3.05) is 24.7 Å². The topological polar surface area (TPSA) is 174 Å². The summed E-state index contributed by atoms with van der Waals surface area (Å²) in [7, 11) is -2.15. The van der Waals surface area contributed by atoms with E-state index < -0.39 is 38.3 Å². The second kappa shape index (κ2) is 14.9. The van der Waals surface area contributed by atoms with E-state index in [4.69, 9.17) is 15.2 Å². The van der Waals surface area contributed by atoms with E-state index in [2.05, 4.69) is 15.3 Å². The number of carbonyl (C=O) groups excluding carboxylic acids is 2. The summed E-state index contributed by atoms with van der Waals surface area (Å²) in [5, 5.41) is 13.6.